The summed E-state index contributed by atoms with van der Waals surface area (Å²) < 4.78 is 20.5. The number of hydrogen-bond acceptors (Lipinski definition) is 10. The van der Waals surface area contributed by atoms with Gasteiger partial charge >= 0.3 is 0 Å². The van der Waals surface area contributed by atoms with Crippen LogP contribution in [0.15, 0.2) is 121 Å². The highest BCUT2D eigenvalue weighted by Gasteiger charge is 2.65. The number of amides is 1. The van der Waals surface area contributed by atoms with Crippen LogP contribution in [-0.4, -0.2) is 76.5 Å². The molecular weight excluding hydrogens is 775 g/mol. The topological polar surface area (TPSA) is 153 Å². The summed E-state index contributed by atoms with van der Waals surface area (Å²) in [5.74, 6) is -0.898. The van der Waals surface area contributed by atoms with E-state index in [0.29, 0.717) is 55.2 Å². The fourth-order valence-electron chi connectivity index (χ4n) is 9.28. The molecule has 12 heteroatoms. The van der Waals surface area contributed by atoms with Crippen molar-refractivity contribution in [3.8, 4) is 11.5 Å². The van der Waals surface area contributed by atoms with Crippen molar-refractivity contribution in [1.82, 2.24) is 4.90 Å². The first-order chi connectivity index (χ1) is 29.8. The van der Waals surface area contributed by atoms with Gasteiger partial charge in [0.05, 0.1) is 23.2 Å². The first-order valence-electron chi connectivity index (χ1n) is 21.5. The summed E-state index contributed by atoms with van der Waals surface area (Å²) in [7, 11) is 0. The summed E-state index contributed by atoms with van der Waals surface area (Å²) in [6, 6.07) is 21.1. The average Bonchev–Trinajstić information content (AvgIpc) is 3.28. The van der Waals surface area contributed by atoms with E-state index in [1.807, 2.05) is 54.3 Å². The van der Waals surface area contributed by atoms with Crippen LogP contribution in [-0.2, 0) is 21.0 Å². The largest absolute Gasteiger partial charge is 0.490 e. The van der Waals surface area contributed by atoms with E-state index < -0.39 is 22.7 Å². The number of oxime groups is 1. The van der Waals surface area contributed by atoms with Crippen molar-refractivity contribution in [1.29, 1.82) is 0 Å². The normalized spacial score (nSPS) is 23.3. The summed E-state index contributed by atoms with van der Waals surface area (Å²) in [5, 5.41) is 36.0. The number of rotatable bonds is 23. The van der Waals surface area contributed by atoms with E-state index in [1.54, 1.807) is 30.4 Å². The Kier molecular flexibility index (Phi) is 16.1. The van der Waals surface area contributed by atoms with Crippen LogP contribution in [0.2, 0.25) is 0 Å². The smallest absolute Gasteiger partial charge is 0.269 e. The summed E-state index contributed by atoms with van der Waals surface area (Å²) in [4.78, 5) is 33.6. The summed E-state index contributed by atoms with van der Waals surface area (Å²) in [6.07, 6.45) is 14.4. The molecule has 1 heterocycles. The summed E-state index contributed by atoms with van der Waals surface area (Å²) >= 11 is 0. The number of carbonyl (C=O) groups is 1. The molecule has 0 aromatic heterocycles. The van der Waals surface area contributed by atoms with Gasteiger partial charge < -0.3 is 34.2 Å². The molecule has 0 saturated heterocycles. The molecule has 0 radical (unpaired) electrons. The molecule has 6 atom stereocenters. The van der Waals surface area contributed by atoms with Gasteiger partial charge in [-0.05, 0) is 97.0 Å². The molecule has 1 amide bonds. The number of carbonyl (C=O) groups excluding carboxylic acids is 1. The molecule has 3 aromatic carbocycles. The Morgan fingerprint density at radius 3 is 2.43 bits per heavy atom. The lowest BCUT2D eigenvalue weighted by Gasteiger charge is -2.60. The van der Waals surface area contributed by atoms with Crippen LogP contribution >= 0.6 is 0 Å². The van der Waals surface area contributed by atoms with Gasteiger partial charge in [-0.2, -0.15) is 0 Å². The van der Waals surface area contributed by atoms with Crippen molar-refractivity contribution in [2.24, 2.45) is 22.9 Å². The molecule has 6 unspecified atom stereocenters. The third-order valence-corrected chi connectivity index (χ3v) is 11.9. The van der Waals surface area contributed by atoms with Gasteiger partial charge in [0.2, 0.25) is 11.7 Å². The van der Waals surface area contributed by atoms with Crippen LogP contribution in [0.1, 0.15) is 80.9 Å². The lowest BCUT2D eigenvalue weighted by molar-refractivity contribution is -0.384. The molecule has 1 saturated carbocycles. The number of ether oxygens (including phenoxy) is 3. The SMILES string of the molecule is C=CCOc1ccc2c(c1)C1C(CCCCO)C(CCCCO)C=C3C(=NOCc4ccccc4)CC(N(CCC)C(=O)C=Cc4ccc([N+](=O)[O-])cc4)C(OCC=C)(O2)C31. The Bertz CT molecular complexity index is 2050. The highest BCUT2D eigenvalue weighted by Crippen LogP contribution is 2.62. The van der Waals surface area contributed by atoms with Gasteiger partial charge in [0.1, 0.15) is 30.8 Å². The van der Waals surface area contributed by atoms with Crippen LogP contribution in [0.3, 0.4) is 0 Å². The van der Waals surface area contributed by atoms with Gasteiger partial charge in [0.25, 0.3) is 5.69 Å². The molecule has 3 aromatic rings. The molecule has 61 heavy (non-hydrogen) atoms. The Labute approximate surface area is 359 Å². The molecule has 2 aliphatic carbocycles. The highest BCUT2D eigenvalue weighted by atomic mass is 16.7. The Morgan fingerprint density at radius 2 is 1.74 bits per heavy atom. The first-order valence-corrected chi connectivity index (χ1v) is 21.5. The molecule has 3 aliphatic rings. The van der Waals surface area contributed by atoms with Gasteiger partial charge in [0.15, 0.2) is 0 Å². The fraction of sp³-hybridized carbons (Fsp3) is 0.429. The van der Waals surface area contributed by atoms with Crippen LogP contribution in [0.4, 0.5) is 5.69 Å². The zero-order valence-corrected chi connectivity index (χ0v) is 35.1. The van der Waals surface area contributed by atoms with E-state index in [2.05, 4.69) is 25.3 Å². The lowest BCUT2D eigenvalue weighted by Crippen LogP contribution is -2.70. The molecule has 0 bridgehead atoms. The van der Waals surface area contributed by atoms with E-state index in [9.17, 15) is 25.1 Å². The number of aliphatic hydroxyl groups is 2. The molecular formula is C49H59N3O9. The number of aliphatic hydroxyl groups excluding tert-OH is 2. The lowest BCUT2D eigenvalue weighted by atomic mass is 9.55. The Hall–Kier alpha value is -5.56. The average molecular weight is 834 g/mol. The van der Waals surface area contributed by atoms with Crippen LogP contribution in [0.25, 0.3) is 6.08 Å². The monoisotopic (exact) mass is 833 g/mol. The van der Waals surface area contributed by atoms with E-state index in [-0.39, 0.29) is 62.2 Å². The molecule has 2 N–H and O–H groups in total. The maximum Gasteiger partial charge on any atom is 0.269 e. The molecule has 1 fully saturated rings. The number of allylic oxidation sites excluding steroid dienone is 1. The van der Waals surface area contributed by atoms with E-state index in [4.69, 9.17) is 24.2 Å². The summed E-state index contributed by atoms with van der Waals surface area (Å²) in [6.45, 7) is 11.2. The van der Waals surface area contributed by atoms with Gasteiger partial charge in [-0.25, -0.2) is 0 Å². The van der Waals surface area contributed by atoms with Gasteiger partial charge in [-0.1, -0.05) is 80.1 Å². The second-order valence-corrected chi connectivity index (χ2v) is 15.8. The standard InChI is InChI=1S/C49H59N3O9/c1-4-26-51(46(55)25-20-35-18-21-38(22-19-35)52(56)57)45-33-43(50-60-34-36-14-8-7-9-15-36)41-31-37(16-10-12-27-53)40(17-11-13-28-54)47-42-32-39(58-29-5-2)23-24-44(42)61-49(45,48(41)47)59-30-6-3/h5-9,14-15,18-25,31-32,37,40,45,47-48,53-54H,2-4,10-13,16-17,26-30,33-34H2,1H3. The zero-order valence-electron chi connectivity index (χ0n) is 35.1. The number of benzene rings is 3. The third-order valence-electron chi connectivity index (χ3n) is 11.9. The molecule has 6 rings (SSSR count). The van der Waals surface area contributed by atoms with Gasteiger partial charge in [-0.15, -0.1) is 6.58 Å². The second kappa shape index (κ2) is 21.8. The second-order valence-electron chi connectivity index (χ2n) is 15.8. The molecule has 0 spiro atoms. The van der Waals surface area contributed by atoms with Crippen LogP contribution in [0, 0.1) is 27.9 Å². The van der Waals surface area contributed by atoms with Crippen molar-refractivity contribution >= 4 is 23.4 Å². The predicted molar refractivity (Wildman–Crippen MR) is 236 cm³/mol. The first kappa shape index (κ1) is 45.0. The quantitative estimate of drug-likeness (QED) is 0.0314. The molecule has 12 nitrogen and oxygen atoms in total. The van der Waals surface area contributed by atoms with Crippen LogP contribution < -0.4 is 9.47 Å². The Balaban J connectivity index is 1.55. The number of nitro groups is 1. The van der Waals surface area contributed by atoms with Crippen LogP contribution in [0.5, 0.6) is 11.5 Å². The zero-order chi connectivity index (χ0) is 43.2. The summed E-state index contributed by atoms with van der Waals surface area (Å²) in [5.41, 5.74) is 4.18. The minimum atomic E-state index is -1.41. The minimum absolute atomic E-state index is 0.0359. The van der Waals surface area contributed by atoms with Gasteiger partial charge in [-0.3, -0.25) is 14.9 Å². The number of unbranched alkanes of at least 4 members (excludes halogenated alkanes) is 2. The third kappa shape index (κ3) is 10.5. The minimum Gasteiger partial charge on any atom is -0.490 e. The van der Waals surface area contributed by atoms with Crippen molar-refractivity contribution in [2.75, 3.05) is 33.0 Å². The van der Waals surface area contributed by atoms with Crippen molar-refractivity contribution in [3.05, 3.63) is 143 Å². The number of fused-ring (bicyclic) bond motifs is 2. The number of hydrogen-bond donors (Lipinski definition) is 2. The Morgan fingerprint density at radius 1 is 1.00 bits per heavy atom. The van der Waals surface area contributed by atoms with E-state index in [1.165, 1.54) is 18.2 Å². The fourth-order valence-corrected chi connectivity index (χ4v) is 9.28. The predicted octanol–water partition coefficient (Wildman–Crippen LogP) is 8.95. The molecule has 1 aliphatic heterocycles. The van der Waals surface area contributed by atoms with Crippen molar-refractivity contribution in [2.45, 2.75) is 82.6 Å². The number of nitro benzene ring substituents is 1. The number of nitrogens with zero attached hydrogens (tertiary/aromatic N) is 3. The van der Waals surface area contributed by atoms with E-state index >= 15 is 0 Å². The highest BCUT2D eigenvalue weighted by molar-refractivity contribution is 6.03. The van der Waals surface area contributed by atoms with Crippen molar-refractivity contribution < 1.29 is 39.0 Å². The van der Waals surface area contributed by atoms with Crippen molar-refractivity contribution in [3.63, 3.8) is 0 Å². The van der Waals surface area contributed by atoms with E-state index in [0.717, 1.165) is 42.4 Å². The maximum absolute atomic E-state index is 14.7. The molecule has 324 valence electrons. The number of non-ortho nitro benzene ring substituents is 1. The van der Waals surface area contributed by atoms with Gasteiger partial charge in [0, 0.05) is 55.9 Å². The maximum atomic E-state index is 14.7.